The first-order valence-electron chi connectivity index (χ1n) is 4.29. The van der Waals surface area contributed by atoms with E-state index in [2.05, 4.69) is 26.8 Å². The molecule has 0 aromatic heterocycles. The zero-order chi connectivity index (χ0) is 7.35. The summed E-state index contributed by atoms with van der Waals surface area (Å²) in [6.45, 7) is 7.07. The Labute approximate surface area is 63.3 Å². The molecule has 0 aromatic rings. The second kappa shape index (κ2) is 1.66. The van der Waals surface area contributed by atoms with E-state index in [0.29, 0.717) is 5.41 Å². The van der Waals surface area contributed by atoms with E-state index >= 15 is 0 Å². The van der Waals surface area contributed by atoms with Gasteiger partial charge in [0.15, 0.2) is 0 Å². The van der Waals surface area contributed by atoms with Gasteiger partial charge < -0.3 is 0 Å². The van der Waals surface area contributed by atoms with Crippen LogP contribution in [0.1, 0.15) is 33.6 Å². The molecule has 0 spiro atoms. The Morgan fingerprint density at radius 1 is 1.50 bits per heavy atom. The van der Waals surface area contributed by atoms with Gasteiger partial charge in [0.1, 0.15) is 0 Å². The van der Waals surface area contributed by atoms with Crippen molar-refractivity contribution in [3.05, 3.63) is 11.6 Å². The van der Waals surface area contributed by atoms with Crippen LogP contribution in [0.5, 0.6) is 0 Å². The van der Waals surface area contributed by atoms with Crippen molar-refractivity contribution in [1.82, 2.24) is 0 Å². The maximum Gasteiger partial charge on any atom is -0.0143 e. The Hall–Kier alpha value is -0.260. The molecule has 0 amide bonds. The molecule has 10 heavy (non-hydrogen) atoms. The van der Waals surface area contributed by atoms with Crippen LogP contribution in [-0.2, 0) is 0 Å². The van der Waals surface area contributed by atoms with E-state index in [1.165, 1.54) is 12.8 Å². The third-order valence-electron chi connectivity index (χ3n) is 3.45. The van der Waals surface area contributed by atoms with Gasteiger partial charge in [0.05, 0.1) is 0 Å². The standard InChI is InChI=1S/C10H16/c1-7-4-5-8-9(6-7)10(8,2)3/h6,8-9H,4-5H2,1-3H3/t8-,9-/m1/s1. The average molecular weight is 136 g/mol. The molecule has 0 unspecified atom stereocenters. The third-order valence-corrected chi connectivity index (χ3v) is 3.45. The summed E-state index contributed by atoms with van der Waals surface area (Å²) in [4.78, 5) is 0. The van der Waals surface area contributed by atoms with Gasteiger partial charge in [-0.15, -0.1) is 0 Å². The highest BCUT2D eigenvalue weighted by atomic mass is 14.6. The van der Waals surface area contributed by atoms with Gasteiger partial charge in [-0.05, 0) is 37.0 Å². The normalized spacial score (nSPS) is 42.1. The van der Waals surface area contributed by atoms with Crippen LogP contribution < -0.4 is 0 Å². The van der Waals surface area contributed by atoms with Gasteiger partial charge in [-0.3, -0.25) is 0 Å². The second-order valence-corrected chi connectivity index (χ2v) is 4.51. The van der Waals surface area contributed by atoms with E-state index in [1.54, 1.807) is 5.57 Å². The molecule has 1 fully saturated rings. The molecule has 0 heterocycles. The topological polar surface area (TPSA) is 0 Å². The van der Waals surface area contributed by atoms with E-state index < -0.39 is 0 Å². The Bertz CT molecular complexity index is 186. The largest absolute Gasteiger partial charge is 0.0817 e. The quantitative estimate of drug-likeness (QED) is 0.449. The second-order valence-electron chi connectivity index (χ2n) is 4.51. The van der Waals surface area contributed by atoms with Crippen LogP contribution in [0.2, 0.25) is 0 Å². The molecule has 0 bridgehead atoms. The predicted octanol–water partition coefficient (Wildman–Crippen LogP) is 3.00. The van der Waals surface area contributed by atoms with Gasteiger partial charge in [0.2, 0.25) is 0 Å². The van der Waals surface area contributed by atoms with Crippen LogP contribution in [0.25, 0.3) is 0 Å². The lowest BCUT2D eigenvalue weighted by molar-refractivity contribution is 0.533. The molecule has 0 heteroatoms. The fourth-order valence-corrected chi connectivity index (χ4v) is 2.44. The van der Waals surface area contributed by atoms with Crippen molar-refractivity contribution in [1.29, 1.82) is 0 Å². The molecule has 0 N–H and O–H groups in total. The Morgan fingerprint density at radius 3 is 2.70 bits per heavy atom. The Balaban J connectivity index is 2.20. The Morgan fingerprint density at radius 2 is 2.20 bits per heavy atom. The van der Waals surface area contributed by atoms with Gasteiger partial charge >= 0.3 is 0 Å². The van der Waals surface area contributed by atoms with Crippen LogP contribution in [0.3, 0.4) is 0 Å². The minimum atomic E-state index is 0.651. The van der Waals surface area contributed by atoms with Crippen LogP contribution in [0.15, 0.2) is 11.6 Å². The molecule has 2 atom stereocenters. The average Bonchev–Trinajstić information content (AvgIpc) is 2.36. The van der Waals surface area contributed by atoms with Crippen molar-refractivity contribution in [3.63, 3.8) is 0 Å². The fourth-order valence-electron chi connectivity index (χ4n) is 2.44. The van der Waals surface area contributed by atoms with E-state index in [4.69, 9.17) is 0 Å². The maximum atomic E-state index is 2.49. The molecule has 0 saturated heterocycles. The zero-order valence-corrected chi connectivity index (χ0v) is 7.15. The van der Waals surface area contributed by atoms with E-state index in [0.717, 1.165) is 11.8 Å². The fraction of sp³-hybridized carbons (Fsp3) is 0.800. The van der Waals surface area contributed by atoms with Crippen molar-refractivity contribution in [2.75, 3.05) is 0 Å². The van der Waals surface area contributed by atoms with E-state index in [1.807, 2.05) is 0 Å². The third kappa shape index (κ3) is 0.680. The maximum absolute atomic E-state index is 2.49. The molecule has 2 rings (SSSR count). The van der Waals surface area contributed by atoms with E-state index in [-0.39, 0.29) is 0 Å². The smallest absolute Gasteiger partial charge is 0.0143 e. The van der Waals surface area contributed by atoms with Crippen LogP contribution in [0, 0.1) is 17.3 Å². The first-order chi connectivity index (χ1) is 4.62. The first-order valence-corrected chi connectivity index (χ1v) is 4.29. The van der Waals surface area contributed by atoms with Crippen LogP contribution >= 0.6 is 0 Å². The van der Waals surface area contributed by atoms with Crippen molar-refractivity contribution < 1.29 is 0 Å². The number of rotatable bonds is 0. The molecule has 0 aliphatic heterocycles. The summed E-state index contributed by atoms with van der Waals surface area (Å²) in [6, 6.07) is 0. The number of fused-ring (bicyclic) bond motifs is 1. The van der Waals surface area contributed by atoms with Crippen LogP contribution in [0.4, 0.5) is 0 Å². The van der Waals surface area contributed by atoms with Crippen LogP contribution in [-0.4, -0.2) is 0 Å². The lowest BCUT2D eigenvalue weighted by atomic mass is 10.0. The Kier molecular flexibility index (Phi) is 1.07. The molecule has 0 aromatic carbocycles. The minimum Gasteiger partial charge on any atom is -0.0817 e. The minimum absolute atomic E-state index is 0.651. The van der Waals surface area contributed by atoms with E-state index in [9.17, 15) is 0 Å². The monoisotopic (exact) mass is 136 g/mol. The number of hydrogen-bond acceptors (Lipinski definition) is 0. The summed E-state index contributed by atoms with van der Waals surface area (Å²) in [5, 5.41) is 0. The summed E-state index contributed by atoms with van der Waals surface area (Å²) in [5.74, 6) is 1.96. The number of hydrogen-bond donors (Lipinski definition) is 0. The molecular weight excluding hydrogens is 120 g/mol. The van der Waals surface area contributed by atoms with Gasteiger partial charge in [-0.2, -0.15) is 0 Å². The van der Waals surface area contributed by atoms with Gasteiger partial charge in [-0.1, -0.05) is 25.5 Å². The first kappa shape index (κ1) is 6.45. The van der Waals surface area contributed by atoms with Gasteiger partial charge in [0, 0.05) is 0 Å². The highest BCUT2D eigenvalue weighted by Gasteiger charge is 2.56. The molecule has 1 saturated carbocycles. The van der Waals surface area contributed by atoms with Crippen molar-refractivity contribution >= 4 is 0 Å². The van der Waals surface area contributed by atoms with Gasteiger partial charge in [0.25, 0.3) is 0 Å². The predicted molar refractivity (Wildman–Crippen MR) is 43.8 cm³/mol. The molecule has 2 aliphatic carbocycles. The summed E-state index contributed by atoms with van der Waals surface area (Å²) in [5.41, 5.74) is 2.27. The molecule has 0 radical (unpaired) electrons. The highest BCUT2D eigenvalue weighted by molar-refractivity contribution is 5.21. The highest BCUT2D eigenvalue weighted by Crippen LogP contribution is 2.63. The van der Waals surface area contributed by atoms with Crippen molar-refractivity contribution in [2.24, 2.45) is 17.3 Å². The molecule has 2 aliphatic rings. The van der Waals surface area contributed by atoms with Crippen molar-refractivity contribution in [2.45, 2.75) is 33.6 Å². The summed E-state index contributed by atoms with van der Waals surface area (Å²) in [6.07, 6.45) is 5.29. The lowest BCUT2D eigenvalue weighted by Gasteiger charge is -2.05. The number of allylic oxidation sites excluding steroid dienone is 2. The zero-order valence-electron chi connectivity index (χ0n) is 7.15. The molecule has 0 nitrogen and oxygen atoms in total. The molecule has 56 valence electrons. The van der Waals surface area contributed by atoms with Crippen molar-refractivity contribution in [3.8, 4) is 0 Å². The SMILES string of the molecule is CC1=C[C@@H]2[C@@H](CC1)C2(C)C. The molecular formula is C10H16. The lowest BCUT2D eigenvalue weighted by Crippen LogP contribution is -1.90. The summed E-state index contributed by atoms with van der Waals surface area (Å²) in [7, 11) is 0. The summed E-state index contributed by atoms with van der Waals surface area (Å²) < 4.78 is 0. The summed E-state index contributed by atoms with van der Waals surface area (Å²) >= 11 is 0. The van der Waals surface area contributed by atoms with Gasteiger partial charge in [-0.25, -0.2) is 0 Å².